The minimum atomic E-state index is -0.0435. The molecule has 4 aromatic rings. The highest BCUT2D eigenvalue weighted by molar-refractivity contribution is 7.21. The van der Waals surface area contributed by atoms with Crippen molar-refractivity contribution in [3.8, 4) is 28.1 Å². The third-order valence-electron chi connectivity index (χ3n) is 4.77. The van der Waals surface area contributed by atoms with Gasteiger partial charge in [-0.3, -0.25) is 4.79 Å². The van der Waals surface area contributed by atoms with Crippen LogP contribution in [0.25, 0.3) is 32.6 Å². The number of ketones is 1. The molecule has 0 bridgehead atoms. The van der Waals surface area contributed by atoms with E-state index >= 15 is 0 Å². The van der Waals surface area contributed by atoms with Gasteiger partial charge in [0.1, 0.15) is 10.6 Å². The summed E-state index contributed by atoms with van der Waals surface area (Å²) in [5.41, 5.74) is 11.9. The van der Waals surface area contributed by atoms with Crippen molar-refractivity contribution in [2.75, 3.05) is 12.8 Å². The van der Waals surface area contributed by atoms with Gasteiger partial charge in [-0.15, -0.1) is 11.3 Å². The number of ether oxygens (including phenoxy) is 1. The van der Waals surface area contributed by atoms with Crippen molar-refractivity contribution in [2.24, 2.45) is 0 Å². The zero-order valence-electron chi connectivity index (χ0n) is 15.9. The van der Waals surface area contributed by atoms with E-state index in [1.54, 1.807) is 7.11 Å². The summed E-state index contributed by atoms with van der Waals surface area (Å²) in [6.07, 6.45) is 0. The summed E-state index contributed by atoms with van der Waals surface area (Å²) in [5.74, 6) is 0.744. The fourth-order valence-corrected chi connectivity index (χ4v) is 4.27. The van der Waals surface area contributed by atoms with Crippen LogP contribution in [0.1, 0.15) is 22.2 Å². The number of pyridine rings is 1. The van der Waals surface area contributed by atoms with E-state index in [4.69, 9.17) is 15.5 Å². The molecule has 140 valence electrons. The average Bonchev–Trinajstić information content (AvgIpc) is 3.05. The molecular formula is C23H20N2O2S. The molecule has 28 heavy (non-hydrogen) atoms. The van der Waals surface area contributed by atoms with Crippen molar-refractivity contribution in [1.82, 2.24) is 4.98 Å². The van der Waals surface area contributed by atoms with Crippen molar-refractivity contribution >= 4 is 33.0 Å². The average molecular weight is 388 g/mol. The van der Waals surface area contributed by atoms with Crippen LogP contribution in [-0.4, -0.2) is 17.9 Å². The number of anilines is 1. The highest BCUT2D eigenvalue weighted by Gasteiger charge is 2.19. The smallest absolute Gasteiger partial charge is 0.171 e. The molecule has 0 fully saturated rings. The van der Waals surface area contributed by atoms with E-state index in [1.165, 1.54) is 23.8 Å². The van der Waals surface area contributed by atoms with Crippen molar-refractivity contribution in [3.63, 3.8) is 0 Å². The largest absolute Gasteiger partial charge is 0.497 e. The lowest BCUT2D eigenvalue weighted by Crippen LogP contribution is -1.95. The van der Waals surface area contributed by atoms with Crippen LogP contribution in [-0.2, 0) is 0 Å². The van der Waals surface area contributed by atoms with Gasteiger partial charge in [0.25, 0.3) is 0 Å². The second-order valence-electron chi connectivity index (χ2n) is 6.73. The first kappa shape index (κ1) is 18.2. The van der Waals surface area contributed by atoms with Gasteiger partial charge in [0.05, 0.1) is 23.4 Å². The van der Waals surface area contributed by atoms with Gasteiger partial charge in [-0.1, -0.05) is 42.0 Å². The Kier molecular flexibility index (Phi) is 4.61. The predicted octanol–water partition coefficient (Wildman–Crippen LogP) is 5.73. The number of hydrogen-bond acceptors (Lipinski definition) is 5. The number of fused-ring (bicyclic) bond motifs is 1. The van der Waals surface area contributed by atoms with Crippen LogP contribution in [0.3, 0.4) is 0 Å². The third-order valence-corrected chi connectivity index (χ3v) is 5.97. The maximum atomic E-state index is 12.0. The van der Waals surface area contributed by atoms with Gasteiger partial charge >= 0.3 is 0 Å². The molecule has 2 aromatic heterocycles. The SMILES string of the molecule is COc1ccc(-c2cc(-c3ccc(C)cc3)nc3sc(C(C)=O)c(N)c23)cc1. The van der Waals surface area contributed by atoms with Crippen LogP contribution in [0.5, 0.6) is 5.75 Å². The Bertz CT molecular complexity index is 1180. The van der Waals surface area contributed by atoms with Crippen LogP contribution in [0, 0.1) is 6.92 Å². The lowest BCUT2D eigenvalue weighted by atomic mass is 9.99. The van der Waals surface area contributed by atoms with Gasteiger partial charge in [-0.25, -0.2) is 4.98 Å². The van der Waals surface area contributed by atoms with Gasteiger partial charge in [0, 0.05) is 17.9 Å². The van der Waals surface area contributed by atoms with E-state index in [0.717, 1.165) is 38.4 Å². The lowest BCUT2D eigenvalue weighted by Gasteiger charge is -2.10. The number of nitrogens with two attached hydrogens (primary N) is 1. The Morgan fingerprint density at radius 3 is 2.29 bits per heavy atom. The Morgan fingerprint density at radius 2 is 1.68 bits per heavy atom. The van der Waals surface area contributed by atoms with Crippen LogP contribution < -0.4 is 10.5 Å². The van der Waals surface area contributed by atoms with Crippen LogP contribution >= 0.6 is 11.3 Å². The zero-order chi connectivity index (χ0) is 19.8. The summed E-state index contributed by atoms with van der Waals surface area (Å²) in [7, 11) is 1.64. The molecular weight excluding hydrogens is 368 g/mol. The van der Waals surface area contributed by atoms with Crippen LogP contribution in [0.2, 0.25) is 0 Å². The first-order valence-corrected chi connectivity index (χ1v) is 9.75. The Labute approximate surface area is 167 Å². The molecule has 5 heteroatoms. The fraction of sp³-hybridized carbons (Fsp3) is 0.130. The van der Waals surface area contributed by atoms with E-state index in [2.05, 4.69) is 31.2 Å². The molecule has 0 aliphatic rings. The van der Waals surface area contributed by atoms with Gasteiger partial charge < -0.3 is 10.5 Å². The number of hydrogen-bond donors (Lipinski definition) is 1. The number of methoxy groups -OCH3 is 1. The number of benzene rings is 2. The fourth-order valence-electron chi connectivity index (χ4n) is 3.25. The standard InChI is InChI=1S/C23H20N2O2S/c1-13-4-6-16(7-5-13)19-12-18(15-8-10-17(27-3)11-9-15)20-21(24)22(14(2)26)28-23(20)25-19/h4-12H,24H2,1-3H3. The molecule has 2 aromatic carbocycles. The summed E-state index contributed by atoms with van der Waals surface area (Å²) in [6.45, 7) is 3.59. The topological polar surface area (TPSA) is 65.2 Å². The highest BCUT2D eigenvalue weighted by Crippen LogP contribution is 2.41. The number of rotatable bonds is 4. The molecule has 4 nitrogen and oxygen atoms in total. The second kappa shape index (κ2) is 7.09. The van der Waals surface area contributed by atoms with Gasteiger partial charge in [-0.2, -0.15) is 0 Å². The van der Waals surface area contributed by atoms with Crippen molar-refractivity contribution in [2.45, 2.75) is 13.8 Å². The van der Waals surface area contributed by atoms with Crippen molar-refractivity contribution < 1.29 is 9.53 Å². The number of thiophene rings is 1. The molecule has 0 spiro atoms. The minimum Gasteiger partial charge on any atom is -0.497 e. The van der Waals surface area contributed by atoms with Gasteiger partial charge in [0.15, 0.2) is 5.78 Å². The molecule has 0 amide bonds. The Morgan fingerprint density at radius 1 is 1.04 bits per heavy atom. The zero-order valence-corrected chi connectivity index (χ0v) is 16.8. The molecule has 0 aliphatic heterocycles. The van der Waals surface area contributed by atoms with Crippen LogP contribution in [0.15, 0.2) is 54.6 Å². The number of Topliss-reactive ketones (excluding diaryl/α,β-unsaturated/α-hetero) is 1. The monoisotopic (exact) mass is 388 g/mol. The van der Waals surface area contributed by atoms with E-state index < -0.39 is 0 Å². The summed E-state index contributed by atoms with van der Waals surface area (Å²) in [5, 5.41) is 0.830. The van der Waals surface area contributed by atoms with Crippen LogP contribution in [0.4, 0.5) is 5.69 Å². The van der Waals surface area contributed by atoms with Crippen molar-refractivity contribution in [3.05, 3.63) is 65.0 Å². The number of carbonyl (C=O) groups excluding carboxylic acids is 1. The first-order valence-electron chi connectivity index (χ1n) is 8.93. The Balaban J connectivity index is 2.00. The molecule has 0 aliphatic carbocycles. The predicted molar refractivity (Wildman–Crippen MR) is 116 cm³/mol. The third kappa shape index (κ3) is 3.14. The summed E-state index contributed by atoms with van der Waals surface area (Å²) >= 11 is 1.35. The van der Waals surface area contributed by atoms with Crippen molar-refractivity contribution in [1.29, 1.82) is 0 Å². The molecule has 0 saturated carbocycles. The second-order valence-corrected chi connectivity index (χ2v) is 7.73. The molecule has 0 saturated heterocycles. The molecule has 4 rings (SSSR count). The highest BCUT2D eigenvalue weighted by atomic mass is 32.1. The normalized spacial score (nSPS) is 11.0. The summed E-state index contributed by atoms with van der Waals surface area (Å²) in [6, 6.07) is 18.1. The number of aryl methyl sites for hydroxylation is 1. The molecule has 0 atom stereocenters. The maximum absolute atomic E-state index is 12.0. The molecule has 0 radical (unpaired) electrons. The van der Waals surface area contributed by atoms with E-state index in [1.807, 2.05) is 30.3 Å². The van der Waals surface area contributed by atoms with E-state index in [-0.39, 0.29) is 5.78 Å². The lowest BCUT2D eigenvalue weighted by molar-refractivity contribution is 0.102. The summed E-state index contributed by atoms with van der Waals surface area (Å²) < 4.78 is 5.28. The van der Waals surface area contributed by atoms with E-state index in [9.17, 15) is 4.79 Å². The quantitative estimate of drug-likeness (QED) is 0.453. The van der Waals surface area contributed by atoms with Gasteiger partial charge in [-0.05, 0) is 36.2 Å². The maximum Gasteiger partial charge on any atom is 0.171 e. The molecule has 0 unspecified atom stereocenters. The number of carbonyl (C=O) groups is 1. The number of aromatic nitrogens is 1. The molecule has 2 N–H and O–H groups in total. The van der Waals surface area contributed by atoms with Gasteiger partial charge in [0.2, 0.25) is 0 Å². The number of nitrogens with zero attached hydrogens (tertiary/aromatic N) is 1. The Hall–Kier alpha value is -3.18. The molecule has 2 heterocycles. The number of nitrogen functional groups attached to an aromatic ring is 1. The van der Waals surface area contributed by atoms with E-state index in [0.29, 0.717) is 10.6 Å². The first-order chi connectivity index (χ1) is 13.5. The summed E-state index contributed by atoms with van der Waals surface area (Å²) in [4.78, 5) is 18.2. The minimum absolute atomic E-state index is 0.0435.